The second kappa shape index (κ2) is 10.9. The number of pyridine rings is 2. The highest BCUT2D eigenvalue weighted by Crippen LogP contribution is 2.36. The number of ether oxygens (including phenoxy) is 1. The molecular weight excluding hydrogens is 569 g/mol. The highest BCUT2D eigenvalue weighted by Gasteiger charge is 2.41. The molecule has 4 heterocycles. The van der Waals surface area contributed by atoms with Gasteiger partial charge in [-0.15, -0.1) is 4.80 Å². The summed E-state index contributed by atoms with van der Waals surface area (Å²) in [5.41, 5.74) is -3.11. The van der Waals surface area contributed by atoms with Crippen LogP contribution in [0.2, 0.25) is 0 Å². The Balaban J connectivity index is 1.52. The Bertz CT molecular complexity index is 1890. The van der Waals surface area contributed by atoms with Gasteiger partial charge >= 0.3 is 12.3 Å². The largest absolute Gasteiger partial charge is 0.444 e. The fraction of sp³-hybridized carbons (Fsp3) is 0.185. The molecule has 0 saturated carbocycles. The molecule has 43 heavy (non-hydrogen) atoms. The van der Waals surface area contributed by atoms with Crippen molar-refractivity contribution in [3.8, 4) is 17.6 Å². The molecular formula is C27H21F3N10O3. The molecule has 1 aromatic carbocycles. The molecule has 0 bridgehead atoms. The number of halogens is 3. The number of amides is 2. The monoisotopic (exact) mass is 590 g/mol. The number of hydrogen-bond donors (Lipinski definition) is 2. The van der Waals surface area contributed by atoms with E-state index in [1.807, 2.05) is 6.07 Å². The Morgan fingerprint density at radius 2 is 1.65 bits per heavy atom. The lowest BCUT2D eigenvalue weighted by atomic mass is 10.1. The molecule has 5 rings (SSSR count). The van der Waals surface area contributed by atoms with Crippen molar-refractivity contribution in [3.63, 3.8) is 0 Å². The molecule has 2 amide bonds. The van der Waals surface area contributed by atoms with Gasteiger partial charge in [0.05, 0.1) is 47.9 Å². The van der Waals surface area contributed by atoms with Gasteiger partial charge in [-0.25, -0.2) is 19.4 Å². The van der Waals surface area contributed by atoms with Gasteiger partial charge in [0.2, 0.25) is 0 Å². The number of rotatable bonds is 5. The Labute approximate surface area is 240 Å². The summed E-state index contributed by atoms with van der Waals surface area (Å²) < 4.78 is 49.2. The summed E-state index contributed by atoms with van der Waals surface area (Å²) in [7, 11) is 0. The minimum absolute atomic E-state index is 0.0293. The van der Waals surface area contributed by atoms with E-state index >= 15 is 0 Å². The van der Waals surface area contributed by atoms with Crippen LogP contribution in [-0.2, 0) is 10.9 Å². The number of carbonyl (C=O) groups is 2. The van der Waals surface area contributed by atoms with Crippen molar-refractivity contribution < 1.29 is 27.5 Å². The first kappa shape index (κ1) is 28.7. The van der Waals surface area contributed by atoms with Crippen molar-refractivity contribution in [1.82, 2.24) is 34.7 Å². The average molecular weight is 591 g/mol. The quantitative estimate of drug-likeness (QED) is 0.290. The van der Waals surface area contributed by atoms with Crippen LogP contribution in [0.1, 0.15) is 42.4 Å². The summed E-state index contributed by atoms with van der Waals surface area (Å²) in [5, 5.41) is 26.6. The summed E-state index contributed by atoms with van der Waals surface area (Å²) in [5.74, 6) is -1.02. The summed E-state index contributed by atoms with van der Waals surface area (Å²) >= 11 is 0. The lowest BCUT2D eigenvalue weighted by Gasteiger charge is -2.20. The van der Waals surface area contributed by atoms with Gasteiger partial charge in [0, 0.05) is 10.8 Å². The van der Waals surface area contributed by atoms with E-state index in [0.717, 1.165) is 23.4 Å². The maximum absolute atomic E-state index is 14.5. The van der Waals surface area contributed by atoms with E-state index in [-0.39, 0.29) is 34.0 Å². The number of nitrogens with zero attached hydrogens (tertiary/aromatic N) is 8. The second-order valence-electron chi connectivity index (χ2n) is 9.96. The average Bonchev–Trinajstić information content (AvgIpc) is 3.63. The Hall–Kier alpha value is -5.85. The van der Waals surface area contributed by atoms with E-state index < -0.39 is 35.0 Å². The minimum Gasteiger partial charge on any atom is -0.444 e. The molecule has 0 saturated heterocycles. The van der Waals surface area contributed by atoms with Gasteiger partial charge in [0.1, 0.15) is 23.1 Å². The molecule has 13 nitrogen and oxygen atoms in total. The van der Waals surface area contributed by atoms with Crippen LogP contribution in [0.4, 0.5) is 29.5 Å². The molecule has 0 spiro atoms. The zero-order chi connectivity index (χ0) is 30.9. The highest BCUT2D eigenvalue weighted by atomic mass is 19.4. The number of aromatic nitrogens is 7. The van der Waals surface area contributed by atoms with Crippen LogP contribution in [-0.4, -0.2) is 52.3 Å². The van der Waals surface area contributed by atoms with Crippen LogP contribution in [0.25, 0.3) is 22.3 Å². The molecule has 5 aromatic rings. The van der Waals surface area contributed by atoms with E-state index in [1.165, 1.54) is 24.5 Å². The van der Waals surface area contributed by atoms with Crippen LogP contribution in [0.5, 0.6) is 0 Å². The second-order valence-corrected chi connectivity index (χ2v) is 9.96. The fourth-order valence-electron chi connectivity index (χ4n) is 4.11. The first-order valence-electron chi connectivity index (χ1n) is 12.5. The molecule has 2 N–H and O–H groups in total. The SMILES string of the molecule is CC(C)(C)OC(=O)Nc1ncc(-n2ncc(C(=O)Nc3cnc(-n4nccn4)c(C#N)c3)c2C(F)(F)F)c2ccccc12. The third kappa shape index (κ3) is 5.95. The molecule has 0 aliphatic carbocycles. The third-order valence-electron chi connectivity index (χ3n) is 5.76. The fourth-order valence-corrected chi connectivity index (χ4v) is 4.11. The van der Waals surface area contributed by atoms with Gasteiger partial charge in [0.25, 0.3) is 5.91 Å². The van der Waals surface area contributed by atoms with E-state index in [9.17, 15) is 28.0 Å². The lowest BCUT2D eigenvalue weighted by Crippen LogP contribution is -2.27. The Kier molecular flexibility index (Phi) is 7.24. The molecule has 0 unspecified atom stereocenters. The first-order chi connectivity index (χ1) is 20.4. The van der Waals surface area contributed by atoms with Crippen molar-refractivity contribution >= 4 is 34.3 Å². The van der Waals surface area contributed by atoms with Gasteiger partial charge in [-0.2, -0.15) is 33.7 Å². The highest BCUT2D eigenvalue weighted by molar-refractivity contribution is 6.06. The number of nitriles is 1. The standard InChI is InChI=1S/C27H21F3N10O3/c1-26(2,3)43-25(42)38-22-18-7-5-4-6-17(18)20(14-32-22)39-21(27(28,29)30)19(13-36-39)24(41)37-16-10-15(11-31)23(33-12-16)40-34-8-9-35-40/h4-10,12-14H,1-3H3,(H,37,41)(H,32,38,42). The smallest absolute Gasteiger partial charge is 0.434 e. The Morgan fingerprint density at radius 3 is 2.30 bits per heavy atom. The first-order valence-corrected chi connectivity index (χ1v) is 12.5. The molecule has 4 aromatic heterocycles. The van der Waals surface area contributed by atoms with Crippen LogP contribution >= 0.6 is 0 Å². The van der Waals surface area contributed by atoms with Crippen LogP contribution in [0, 0.1) is 11.3 Å². The molecule has 16 heteroatoms. The number of carbonyl (C=O) groups excluding carboxylic acids is 2. The zero-order valence-corrected chi connectivity index (χ0v) is 22.7. The predicted molar refractivity (Wildman–Crippen MR) is 146 cm³/mol. The van der Waals surface area contributed by atoms with Crippen LogP contribution in [0.3, 0.4) is 0 Å². The summed E-state index contributed by atoms with van der Waals surface area (Å²) in [6, 6.07) is 9.43. The molecule has 0 atom stereocenters. The molecule has 0 aliphatic heterocycles. The maximum atomic E-state index is 14.5. The van der Waals surface area contributed by atoms with E-state index in [0.29, 0.717) is 10.1 Å². The predicted octanol–water partition coefficient (Wildman–Crippen LogP) is 4.89. The lowest BCUT2D eigenvalue weighted by molar-refractivity contribution is -0.143. The van der Waals surface area contributed by atoms with E-state index in [4.69, 9.17) is 4.74 Å². The molecule has 0 fully saturated rings. The van der Waals surface area contributed by atoms with Crippen LogP contribution < -0.4 is 10.6 Å². The van der Waals surface area contributed by atoms with Gasteiger partial charge in [-0.3, -0.25) is 10.1 Å². The summed E-state index contributed by atoms with van der Waals surface area (Å²) in [6.45, 7) is 5.04. The number of fused-ring (bicyclic) bond motifs is 1. The van der Waals surface area contributed by atoms with E-state index in [2.05, 4.69) is 35.9 Å². The molecule has 0 aliphatic rings. The van der Waals surface area contributed by atoms with Crippen molar-refractivity contribution in [2.75, 3.05) is 10.6 Å². The number of anilines is 2. The number of hydrogen-bond acceptors (Lipinski definition) is 9. The molecule has 218 valence electrons. The van der Waals surface area contributed by atoms with Gasteiger partial charge in [0.15, 0.2) is 11.5 Å². The third-order valence-corrected chi connectivity index (χ3v) is 5.76. The van der Waals surface area contributed by atoms with Crippen molar-refractivity contribution in [2.45, 2.75) is 32.5 Å². The van der Waals surface area contributed by atoms with Gasteiger partial charge < -0.3 is 10.1 Å². The van der Waals surface area contributed by atoms with Gasteiger partial charge in [-0.05, 0) is 26.8 Å². The number of alkyl halides is 3. The van der Waals surface area contributed by atoms with Crippen LogP contribution in [0.15, 0.2) is 61.3 Å². The minimum atomic E-state index is -5.02. The van der Waals surface area contributed by atoms with Crippen molar-refractivity contribution in [3.05, 3.63) is 78.1 Å². The Morgan fingerprint density at radius 1 is 0.953 bits per heavy atom. The number of nitrogens with one attached hydrogen (secondary N) is 2. The van der Waals surface area contributed by atoms with Crippen molar-refractivity contribution in [2.24, 2.45) is 0 Å². The maximum Gasteiger partial charge on any atom is 0.434 e. The number of benzene rings is 1. The summed E-state index contributed by atoms with van der Waals surface area (Å²) in [4.78, 5) is 34.8. The normalized spacial score (nSPS) is 11.7. The van der Waals surface area contributed by atoms with Gasteiger partial charge in [-0.1, -0.05) is 24.3 Å². The zero-order valence-electron chi connectivity index (χ0n) is 22.7. The molecule has 0 radical (unpaired) electrons. The van der Waals surface area contributed by atoms with E-state index in [1.54, 1.807) is 39.0 Å². The topological polar surface area (TPSA) is 166 Å². The van der Waals surface area contributed by atoms with Crippen molar-refractivity contribution in [1.29, 1.82) is 5.26 Å². The summed E-state index contributed by atoms with van der Waals surface area (Å²) in [6.07, 6.45) is -0.0383.